The van der Waals surface area contributed by atoms with Crippen LogP contribution in [0, 0.1) is 5.41 Å². The van der Waals surface area contributed by atoms with E-state index in [1.165, 1.54) is 26.4 Å². The molecule has 0 atom stereocenters. The molecule has 0 bridgehead atoms. The predicted molar refractivity (Wildman–Crippen MR) is 81.8 cm³/mol. The molecule has 1 aromatic rings. The molecule has 0 aromatic heterocycles. The van der Waals surface area contributed by atoms with E-state index in [1.54, 1.807) is 6.08 Å². The Hall–Kier alpha value is -2.44. The van der Waals surface area contributed by atoms with Crippen LogP contribution < -0.4 is 0 Å². The lowest BCUT2D eigenvalue weighted by atomic mass is 9.73. The summed E-state index contributed by atoms with van der Waals surface area (Å²) in [6.07, 6.45) is 4.57. The fraction of sp³-hybridized carbons (Fsp3) is 0.294. The van der Waals surface area contributed by atoms with Crippen molar-refractivity contribution in [1.82, 2.24) is 0 Å². The van der Waals surface area contributed by atoms with Crippen LogP contribution in [0.1, 0.15) is 5.56 Å². The van der Waals surface area contributed by atoms with Crippen LogP contribution in [0.3, 0.4) is 0 Å². The molecule has 6 nitrogen and oxygen atoms in total. The Morgan fingerprint density at radius 2 is 1.61 bits per heavy atom. The molecule has 23 heavy (non-hydrogen) atoms. The predicted octanol–water partition coefficient (Wildman–Crippen LogP) is 1.87. The molecule has 0 saturated heterocycles. The highest BCUT2D eigenvalue weighted by Gasteiger charge is 2.63. The molecule has 0 spiro atoms. The van der Waals surface area contributed by atoms with Gasteiger partial charge in [0.05, 0.1) is 0 Å². The van der Waals surface area contributed by atoms with E-state index < -0.39 is 23.1 Å². The van der Waals surface area contributed by atoms with E-state index in [0.717, 1.165) is 5.56 Å². The molecule has 6 heteroatoms. The minimum absolute atomic E-state index is 0.406. The lowest BCUT2D eigenvalue weighted by molar-refractivity contribution is -0.238. The number of hydrogen-bond acceptors (Lipinski definition) is 4. The number of allylic oxidation sites excluding steroid dienone is 2. The first-order valence-electron chi connectivity index (χ1n) is 6.94. The van der Waals surface area contributed by atoms with Crippen molar-refractivity contribution in [1.29, 1.82) is 0 Å². The Morgan fingerprint density at radius 3 is 2.09 bits per heavy atom. The summed E-state index contributed by atoms with van der Waals surface area (Å²) in [6, 6.07) is 9.35. The summed E-state index contributed by atoms with van der Waals surface area (Å²) in [7, 11) is 2.43. The van der Waals surface area contributed by atoms with Crippen LogP contribution in [0.4, 0.5) is 0 Å². The van der Waals surface area contributed by atoms with Crippen LogP contribution in [0.2, 0.25) is 0 Å². The van der Waals surface area contributed by atoms with Crippen LogP contribution in [0.5, 0.6) is 0 Å². The molecular weight excluding hydrogens is 300 g/mol. The molecule has 0 amide bonds. The van der Waals surface area contributed by atoms with Gasteiger partial charge in [0.25, 0.3) is 0 Å². The Labute approximate surface area is 133 Å². The SMILES string of the molecule is COC1(OC)C=CC(Cc2ccccc2)=CC1(C(=O)O)C(=O)O. The highest BCUT2D eigenvalue weighted by Crippen LogP contribution is 2.43. The second-order valence-electron chi connectivity index (χ2n) is 5.21. The fourth-order valence-electron chi connectivity index (χ4n) is 2.77. The smallest absolute Gasteiger partial charge is 0.331 e. The Kier molecular flexibility index (Phi) is 4.68. The second-order valence-corrected chi connectivity index (χ2v) is 5.21. The number of benzene rings is 1. The number of carboxylic acid groups (broad SMARTS) is 2. The van der Waals surface area contributed by atoms with Gasteiger partial charge in [-0.1, -0.05) is 36.4 Å². The van der Waals surface area contributed by atoms with E-state index in [1.807, 2.05) is 30.3 Å². The molecule has 2 rings (SSSR count). The molecule has 0 fully saturated rings. The van der Waals surface area contributed by atoms with E-state index in [2.05, 4.69) is 0 Å². The van der Waals surface area contributed by atoms with Gasteiger partial charge in [-0.3, -0.25) is 9.59 Å². The number of rotatable bonds is 6. The third-order valence-electron chi connectivity index (χ3n) is 4.00. The van der Waals surface area contributed by atoms with E-state index in [4.69, 9.17) is 9.47 Å². The topological polar surface area (TPSA) is 93.1 Å². The van der Waals surface area contributed by atoms with Gasteiger partial charge in [0.2, 0.25) is 11.2 Å². The molecule has 0 aliphatic heterocycles. The van der Waals surface area contributed by atoms with Gasteiger partial charge < -0.3 is 19.7 Å². The fourth-order valence-corrected chi connectivity index (χ4v) is 2.77. The van der Waals surface area contributed by atoms with Crippen molar-refractivity contribution in [3.63, 3.8) is 0 Å². The maximum Gasteiger partial charge on any atom is 0.331 e. The maximum atomic E-state index is 11.8. The van der Waals surface area contributed by atoms with E-state index in [9.17, 15) is 19.8 Å². The molecule has 122 valence electrons. The number of ether oxygens (including phenoxy) is 2. The highest BCUT2D eigenvalue weighted by atomic mass is 16.7. The molecule has 1 aliphatic carbocycles. The summed E-state index contributed by atoms with van der Waals surface area (Å²) in [5, 5.41) is 19.2. The van der Waals surface area contributed by atoms with Gasteiger partial charge in [-0.15, -0.1) is 0 Å². The van der Waals surface area contributed by atoms with Crippen molar-refractivity contribution in [2.24, 2.45) is 5.41 Å². The molecule has 2 N–H and O–H groups in total. The number of carboxylic acids is 2. The summed E-state index contributed by atoms with van der Waals surface area (Å²) in [5.41, 5.74) is -0.865. The van der Waals surface area contributed by atoms with Crippen molar-refractivity contribution in [3.8, 4) is 0 Å². The highest BCUT2D eigenvalue weighted by molar-refractivity contribution is 6.03. The minimum atomic E-state index is -2.37. The van der Waals surface area contributed by atoms with Gasteiger partial charge in [-0.2, -0.15) is 0 Å². The molecule has 0 heterocycles. The molecule has 1 aromatic carbocycles. The van der Waals surface area contributed by atoms with Crippen molar-refractivity contribution in [2.75, 3.05) is 14.2 Å². The first-order valence-corrected chi connectivity index (χ1v) is 6.94. The number of hydrogen-bond donors (Lipinski definition) is 2. The van der Waals surface area contributed by atoms with E-state index in [0.29, 0.717) is 12.0 Å². The second kappa shape index (κ2) is 6.36. The van der Waals surface area contributed by atoms with Crippen molar-refractivity contribution >= 4 is 11.9 Å². The largest absolute Gasteiger partial charge is 0.480 e. The van der Waals surface area contributed by atoms with Crippen LogP contribution in [-0.4, -0.2) is 42.2 Å². The maximum absolute atomic E-state index is 11.8. The van der Waals surface area contributed by atoms with Gasteiger partial charge in [-0.25, -0.2) is 0 Å². The van der Waals surface area contributed by atoms with Crippen molar-refractivity contribution < 1.29 is 29.3 Å². The first-order chi connectivity index (χ1) is 10.9. The zero-order valence-corrected chi connectivity index (χ0v) is 12.9. The van der Waals surface area contributed by atoms with Gasteiger partial charge in [0.15, 0.2) is 0 Å². The number of aliphatic carboxylic acids is 2. The van der Waals surface area contributed by atoms with Gasteiger partial charge in [0, 0.05) is 14.2 Å². The Bertz CT molecular complexity index is 641. The van der Waals surface area contributed by atoms with Gasteiger partial charge in [0.1, 0.15) is 0 Å². The van der Waals surface area contributed by atoms with Crippen LogP contribution in [-0.2, 0) is 25.5 Å². The van der Waals surface area contributed by atoms with E-state index >= 15 is 0 Å². The van der Waals surface area contributed by atoms with Gasteiger partial charge in [-0.05, 0) is 29.7 Å². The summed E-state index contributed by atoms with van der Waals surface area (Å²) >= 11 is 0. The minimum Gasteiger partial charge on any atom is -0.480 e. The monoisotopic (exact) mass is 318 g/mol. The standard InChI is InChI=1S/C17H18O6/c1-22-17(23-2)9-8-13(10-12-6-4-3-5-7-12)11-16(17,14(18)19)15(20)21/h3-9,11H,10H2,1-2H3,(H,18,19)(H,20,21). The molecular formula is C17H18O6. The zero-order valence-electron chi connectivity index (χ0n) is 12.9. The van der Waals surface area contributed by atoms with Crippen molar-refractivity contribution in [3.05, 3.63) is 59.7 Å². The Morgan fingerprint density at radius 1 is 1.04 bits per heavy atom. The normalized spacial score (nSPS) is 18.3. The first kappa shape index (κ1) is 16.9. The van der Waals surface area contributed by atoms with Crippen molar-refractivity contribution in [2.45, 2.75) is 12.2 Å². The third kappa shape index (κ3) is 2.67. The van der Waals surface area contributed by atoms with Gasteiger partial charge >= 0.3 is 11.9 Å². The molecule has 0 saturated carbocycles. The van der Waals surface area contributed by atoms with E-state index in [-0.39, 0.29) is 0 Å². The average Bonchev–Trinajstić information content (AvgIpc) is 2.55. The quantitative estimate of drug-likeness (QED) is 0.614. The average molecular weight is 318 g/mol. The summed E-state index contributed by atoms with van der Waals surface area (Å²) in [6.45, 7) is 0. The summed E-state index contributed by atoms with van der Waals surface area (Å²) in [4.78, 5) is 23.7. The van der Waals surface area contributed by atoms with Crippen LogP contribution in [0.15, 0.2) is 54.1 Å². The lowest BCUT2D eigenvalue weighted by Gasteiger charge is -2.41. The number of methoxy groups -OCH3 is 2. The summed E-state index contributed by atoms with van der Waals surface area (Å²) < 4.78 is 10.3. The Balaban J connectivity index is 2.53. The number of carbonyl (C=O) groups is 2. The third-order valence-corrected chi connectivity index (χ3v) is 4.00. The molecule has 0 radical (unpaired) electrons. The van der Waals surface area contributed by atoms with Crippen LogP contribution >= 0.6 is 0 Å². The lowest BCUT2D eigenvalue weighted by Crippen LogP contribution is -2.59. The van der Waals surface area contributed by atoms with Crippen LogP contribution in [0.25, 0.3) is 0 Å². The molecule has 0 unspecified atom stereocenters. The zero-order chi connectivity index (χ0) is 17.1. The summed E-state index contributed by atoms with van der Waals surface area (Å²) in [5.74, 6) is -5.02. The molecule has 1 aliphatic rings.